The van der Waals surface area contributed by atoms with Gasteiger partial charge in [-0.1, -0.05) is 6.07 Å². The number of carbonyl (C=O) groups excluding carboxylic acids is 1. The summed E-state index contributed by atoms with van der Waals surface area (Å²) in [7, 11) is 1.67. The van der Waals surface area contributed by atoms with Crippen LogP contribution >= 0.6 is 27.3 Å². The van der Waals surface area contributed by atoms with Gasteiger partial charge in [0.15, 0.2) is 0 Å². The minimum atomic E-state index is -0.514. The summed E-state index contributed by atoms with van der Waals surface area (Å²) in [5.41, 5.74) is 1.13. The molecule has 1 aromatic carbocycles. The van der Waals surface area contributed by atoms with E-state index in [-0.39, 0.29) is 11.5 Å². The lowest BCUT2D eigenvalue weighted by molar-refractivity contribution is 0.0780. The average molecular weight is 328 g/mol. The largest absolute Gasteiger partial charge is 0.337 e. The first-order chi connectivity index (χ1) is 8.59. The molecule has 0 fully saturated rings. The molecule has 2 nitrogen and oxygen atoms in total. The van der Waals surface area contributed by atoms with Gasteiger partial charge in [0.25, 0.3) is 5.91 Å². The van der Waals surface area contributed by atoms with Gasteiger partial charge in [-0.15, -0.1) is 0 Å². The molecule has 18 heavy (non-hydrogen) atoms. The van der Waals surface area contributed by atoms with E-state index < -0.39 is 5.82 Å². The van der Waals surface area contributed by atoms with Crippen molar-refractivity contribution in [1.29, 1.82) is 0 Å². The van der Waals surface area contributed by atoms with Crippen molar-refractivity contribution in [1.82, 2.24) is 4.90 Å². The van der Waals surface area contributed by atoms with Gasteiger partial charge in [-0.2, -0.15) is 11.3 Å². The highest BCUT2D eigenvalue weighted by molar-refractivity contribution is 9.10. The van der Waals surface area contributed by atoms with Crippen molar-refractivity contribution in [2.45, 2.75) is 6.54 Å². The molecule has 0 saturated carbocycles. The molecule has 0 aliphatic heterocycles. The highest BCUT2D eigenvalue weighted by Gasteiger charge is 2.17. The lowest BCUT2D eigenvalue weighted by atomic mass is 10.2. The number of halogens is 2. The quantitative estimate of drug-likeness (QED) is 0.836. The fraction of sp³-hybridized carbons (Fsp3) is 0.154. The zero-order valence-corrected chi connectivity index (χ0v) is 12.1. The summed E-state index contributed by atoms with van der Waals surface area (Å²) in [5.74, 6) is -0.834. The van der Waals surface area contributed by atoms with Crippen LogP contribution in [-0.2, 0) is 6.54 Å². The van der Waals surface area contributed by atoms with E-state index >= 15 is 0 Å². The van der Waals surface area contributed by atoms with Crippen LogP contribution in [0.2, 0.25) is 0 Å². The maximum atomic E-state index is 13.8. The highest BCUT2D eigenvalue weighted by atomic mass is 79.9. The van der Waals surface area contributed by atoms with E-state index in [2.05, 4.69) is 15.9 Å². The first-order valence-corrected chi connectivity index (χ1v) is 7.03. The Morgan fingerprint density at radius 2 is 2.22 bits per heavy atom. The van der Waals surface area contributed by atoms with E-state index in [4.69, 9.17) is 0 Å². The van der Waals surface area contributed by atoms with Crippen LogP contribution < -0.4 is 0 Å². The molecule has 1 amide bonds. The second kappa shape index (κ2) is 5.63. The van der Waals surface area contributed by atoms with Crippen LogP contribution in [0.1, 0.15) is 15.9 Å². The lowest BCUT2D eigenvalue weighted by Crippen LogP contribution is -2.26. The summed E-state index contributed by atoms with van der Waals surface area (Å²) in [5, 5.41) is 3.92. The average Bonchev–Trinajstić information content (AvgIpc) is 2.84. The van der Waals surface area contributed by atoms with Gasteiger partial charge in [0.05, 0.1) is 10.0 Å². The molecule has 0 radical (unpaired) electrons. The molecule has 0 aliphatic carbocycles. The van der Waals surface area contributed by atoms with E-state index in [1.54, 1.807) is 30.5 Å². The predicted molar refractivity (Wildman–Crippen MR) is 74.2 cm³/mol. The molecule has 0 saturated heterocycles. The minimum absolute atomic E-state index is 0.0853. The Morgan fingerprint density at radius 3 is 2.89 bits per heavy atom. The van der Waals surface area contributed by atoms with Crippen LogP contribution in [0.25, 0.3) is 0 Å². The molecule has 2 aromatic rings. The molecule has 0 atom stereocenters. The summed E-state index contributed by atoms with van der Waals surface area (Å²) in [6, 6.07) is 6.67. The number of hydrogen-bond acceptors (Lipinski definition) is 2. The first-order valence-electron chi connectivity index (χ1n) is 5.30. The standard InChI is InChI=1S/C13H11BrFNOS/c1-16(7-9-5-6-18-8-9)13(17)10-3-2-4-11(14)12(10)15/h2-6,8H,7H2,1H3. The van der Waals surface area contributed by atoms with Crippen LogP contribution in [0.5, 0.6) is 0 Å². The number of nitrogens with zero attached hydrogens (tertiary/aromatic N) is 1. The molecule has 0 N–H and O–H groups in total. The molecule has 5 heteroatoms. The zero-order valence-electron chi connectivity index (χ0n) is 9.69. The monoisotopic (exact) mass is 327 g/mol. The fourth-order valence-corrected chi connectivity index (χ4v) is 2.63. The third-order valence-corrected chi connectivity index (χ3v) is 3.87. The number of rotatable bonds is 3. The van der Waals surface area contributed by atoms with E-state index in [1.807, 2.05) is 16.8 Å². The van der Waals surface area contributed by atoms with E-state index in [0.717, 1.165) is 5.56 Å². The molecule has 94 valence electrons. The van der Waals surface area contributed by atoms with Crippen molar-refractivity contribution in [3.05, 3.63) is 56.4 Å². The SMILES string of the molecule is CN(Cc1ccsc1)C(=O)c1cccc(Br)c1F. The Hall–Kier alpha value is -1.20. The Labute approximate surface area is 117 Å². The summed E-state index contributed by atoms with van der Waals surface area (Å²) in [6.45, 7) is 0.480. The summed E-state index contributed by atoms with van der Waals surface area (Å²) < 4.78 is 14.1. The summed E-state index contributed by atoms with van der Waals surface area (Å²) in [4.78, 5) is 13.6. The van der Waals surface area contributed by atoms with Gasteiger partial charge in [-0.3, -0.25) is 4.79 Å². The molecule has 1 aromatic heterocycles. The zero-order chi connectivity index (χ0) is 13.1. The topological polar surface area (TPSA) is 20.3 Å². The molecular weight excluding hydrogens is 317 g/mol. The van der Waals surface area contributed by atoms with E-state index in [9.17, 15) is 9.18 Å². The Bertz CT molecular complexity index is 556. The number of thiophene rings is 1. The number of hydrogen-bond donors (Lipinski definition) is 0. The Kier molecular flexibility index (Phi) is 4.14. The van der Waals surface area contributed by atoms with Crippen molar-refractivity contribution in [2.24, 2.45) is 0 Å². The molecule has 2 rings (SSSR count). The van der Waals surface area contributed by atoms with Crippen molar-refractivity contribution >= 4 is 33.2 Å². The van der Waals surface area contributed by atoms with Crippen LogP contribution in [0.4, 0.5) is 4.39 Å². The maximum absolute atomic E-state index is 13.8. The molecule has 0 aliphatic rings. The minimum Gasteiger partial charge on any atom is -0.337 e. The van der Waals surface area contributed by atoms with Crippen molar-refractivity contribution < 1.29 is 9.18 Å². The van der Waals surface area contributed by atoms with E-state index in [0.29, 0.717) is 11.0 Å². The molecule has 0 unspecified atom stereocenters. The van der Waals surface area contributed by atoms with E-state index in [1.165, 1.54) is 11.0 Å². The van der Waals surface area contributed by atoms with Crippen LogP contribution in [-0.4, -0.2) is 17.9 Å². The van der Waals surface area contributed by atoms with Gasteiger partial charge < -0.3 is 4.90 Å². The van der Waals surface area contributed by atoms with Gasteiger partial charge in [0.2, 0.25) is 0 Å². The lowest BCUT2D eigenvalue weighted by Gasteiger charge is -2.17. The Morgan fingerprint density at radius 1 is 1.44 bits per heavy atom. The van der Waals surface area contributed by atoms with Crippen molar-refractivity contribution in [3.8, 4) is 0 Å². The number of carbonyl (C=O) groups is 1. The van der Waals surface area contributed by atoms with Gasteiger partial charge in [0, 0.05) is 13.6 Å². The molecule has 0 spiro atoms. The predicted octanol–water partition coefficient (Wildman–Crippen LogP) is 3.92. The molecule has 1 heterocycles. The summed E-state index contributed by atoms with van der Waals surface area (Å²) >= 11 is 4.66. The second-order valence-electron chi connectivity index (χ2n) is 3.89. The van der Waals surface area contributed by atoms with Crippen molar-refractivity contribution in [3.63, 3.8) is 0 Å². The van der Waals surface area contributed by atoms with Crippen molar-refractivity contribution in [2.75, 3.05) is 7.05 Å². The molecular formula is C13H11BrFNOS. The third-order valence-electron chi connectivity index (χ3n) is 2.53. The number of amides is 1. The summed E-state index contributed by atoms with van der Waals surface area (Å²) in [6.07, 6.45) is 0. The van der Waals surface area contributed by atoms with Gasteiger partial charge in [-0.05, 0) is 50.5 Å². The van der Waals surface area contributed by atoms with Crippen LogP contribution in [0.15, 0.2) is 39.5 Å². The van der Waals surface area contributed by atoms with Gasteiger partial charge in [-0.25, -0.2) is 4.39 Å². The van der Waals surface area contributed by atoms with Gasteiger partial charge >= 0.3 is 0 Å². The highest BCUT2D eigenvalue weighted by Crippen LogP contribution is 2.20. The number of benzene rings is 1. The van der Waals surface area contributed by atoms with Crippen LogP contribution in [0, 0.1) is 5.82 Å². The smallest absolute Gasteiger partial charge is 0.256 e. The second-order valence-corrected chi connectivity index (χ2v) is 5.53. The Balaban J connectivity index is 2.18. The normalized spacial score (nSPS) is 10.4. The van der Waals surface area contributed by atoms with Crippen LogP contribution in [0.3, 0.4) is 0 Å². The first kappa shape index (κ1) is 13.2. The maximum Gasteiger partial charge on any atom is 0.256 e. The molecule has 0 bridgehead atoms. The van der Waals surface area contributed by atoms with Gasteiger partial charge in [0.1, 0.15) is 5.82 Å². The third kappa shape index (κ3) is 2.79. The fourth-order valence-electron chi connectivity index (χ4n) is 1.60.